The van der Waals surface area contributed by atoms with Gasteiger partial charge in [-0.3, -0.25) is 9.59 Å². The molecule has 0 fully saturated rings. The molecule has 2 unspecified atom stereocenters. The molecule has 0 saturated heterocycles. The standard InChI is InChI=1S/C26H22Cl3N5O4S/c1-33-22-10-8-17(12-23(22)34(2)26(36)25(33)35)39(37,38)32-24(18-9-7-16(28)11-19(18)29)21-13-20(30-31-21)14-3-5-15(27)6-4-14/h3-12,20,24,30,32H,13H2,1-2H3. The molecular weight excluding hydrogens is 585 g/mol. The maximum atomic E-state index is 13.7. The lowest BCUT2D eigenvalue weighted by atomic mass is 9.96. The van der Waals surface area contributed by atoms with Gasteiger partial charge >= 0.3 is 11.1 Å². The Balaban J connectivity index is 1.54. The highest BCUT2D eigenvalue weighted by Gasteiger charge is 2.32. The van der Waals surface area contributed by atoms with Crippen LogP contribution in [0.1, 0.15) is 29.6 Å². The minimum atomic E-state index is -4.17. The molecule has 0 radical (unpaired) electrons. The van der Waals surface area contributed by atoms with Crippen molar-refractivity contribution in [1.29, 1.82) is 0 Å². The van der Waals surface area contributed by atoms with Crippen molar-refractivity contribution in [3.05, 3.63) is 108 Å². The fourth-order valence-electron chi connectivity index (χ4n) is 4.53. The van der Waals surface area contributed by atoms with Crippen LogP contribution in [0.4, 0.5) is 0 Å². The number of aromatic nitrogens is 2. The zero-order valence-corrected chi connectivity index (χ0v) is 23.7. The highest BCUT2D eigenvalue weighted by atomic mass is 35.5. The first kappa shape index (κ1) is 27.4. The van der Waals surface area contributed by atoms with Gasteiger partial charge in [-0.05, 0) is 53.6 Å². The third-order valence-corrected chi connectivity index (χ3v) is 8.94. The van der Waals surface area contributed by atoms with Crippen LogP contribution in [0.2, 0.25) is 15.1 Å². The van der Waals surface area contributed by atoms with Gasteiger partial charge in [0.05, 0.1) is 33.7 Å². The van der Waals surface area contributed by atoms with Crippen molar-refractivity contribution < 1.29 is 8.42 Å². The lowest BCUT2D eigenvalue weighted by molar-refractivity contribution is 0.576. The Kier molecular flexibility index (Phi) is 7.34. The Morgan fingerprint density at radius 3 is 2.21 bits per heavy atom. The van der Waals surface area contributed by atoms with Gasteiger partial charge in [0.1, 0.15) is 0 Å². The van der Waals surface area contributed by atoms with Crippen molar-refractivity contribution in [1.82, 2.24) is 19.3 Å². The van der Waals surface area contributed by atoms with Gasteiger partial charge in [0.15, 0.2) is 0 Å². The fourth-order valence-corrected chi connectivity index (χ4v) is 6.40. The summed E-state index contributed by atoms with van der Waals surface area (Å²) in [6, 6.07) is 15.2. The Morgan fingerprint density at radius 1 is 0.897 bits per heavy atom. The van der Waals surface area contributed by atoms with Gasteiger partial charge in [-0.2, -0.15) is 9.82 Å². The summed E-state index contributed by atoms with van der Waals surface area (Å²) in [5, 5.41) is 5.73. The van der Waals surface area contributed by atoms with Crippen LogP contribution in [0, 0.1) is 0 Å². The monoisotopic (exact) mass is 605 g/mol. The summed E-state index contributed by atoms with van der Waals surface area (Å²) < 4.78 is 32.5. The van der Waals surface area contributed by atoms with Gasteiger partial charge < -0.3 is 14.6 Å². The second kappa shape index (κ2) is 10.4. The highest BCUT2D eigenvalue weighted by Crippen LogP contribution is 2.34. The summed E-state index contributed by atoms with van der Waals surface area (Å²) >= 11 is 18.6. The zero-order valence-electron chi connectivity index (χ0n) is 20.7. The number of nitrogens with one attached hydrogen (secondary N) is 2. The van der Waals surface area contributed by atoms with Crippen molar-refractivity contribution in [2.75, 3.05) is 0 Å². The van der Waals surface area contributed by atoms with E-state index in [1.807, 2.05) is 12.1 Å². The molecule has 202 valence electrons. The molecular formula is C26H22Cl3N5O4S. The Bertz CT molecular complexity index is 1870. The van der Waals surface area contributed by atoms with Crippen molar-refractivity contribution in [3.8, 4) is 0 Å². The molecule has 0 amide bonds. The summed E-state index contributed by atoms with van der Waals surface area (Å²) in [5.41, 5.74) is 4.21. The number of rotatable bonds is 6. The minimum absolute atomic E-state index is 0.0976. The molecule has 2 N–H and O–H groups in total. The van der Waals surface area contributed by atoms with Gasteiger partial charge in [0.2, 0.25) is 10.0 Å². The summed E-state index contributed by atoms with van der Waals surface area (Å²) in [4.78, 5) is 24.4. The van der Waals surface area contributed by atoms with E-state index >= 15 is 0 Å². The third kappa shape index (κ3) is 5.22. The van der Waals surface area contributed by atoms with Gasteiger partial charge in [-0.25, -0.2) is 8.42 Å². The molecule has 2 atom stereocenters. The molecule has 0 bridgehead atoms. The topological polar surface area (TPSA) is 115 Å². The van der Waals surface area contributed by atoms with E-state index in [9.17, 15) is 18.0 Å². The molecule has 13 heteroatoms. The van der Waals surface area contributed by atoms with E-state index in [0.717, 1.165) is 10.1 Å². The number of halogens is 3. The van der Waals surface area contributed by atoms with Crippen molar-refractivity contribution in [2.45, 2.75) is 23.4 Å². The van der Waals surface area contributed by atoms with Crippen LogP contribution in [0.15, 0.2) is 80.2 Å². The van der Waals surface area contributed by atoms with E-state index in [-0.39, 0.29) is 21.5 Å². The van der Waals surface area contributed by atoms with Crippen LogP contribution < -0.4 is 21.3 Å². The first-order chi connectivity index (χ1) is 18.5. The maximum absolute atomic E-state index is 13.7. The van der Waals surface area contributed by atoms with Crippen molar-refractivity contribution in [2.24, 2.45) is 19.2 Å². The average Bonchev–Trinajstić information content (AvgIpc) is 3.40. The molecule has 3 aromatic carbocycles. The molecule has 2 heterocycles. The quantitative estimate of drug-likeness (QED) is 0.318. The average molecular weight is 607 g/mol. The predicted octanol–water partition coefficient (Wildman–Crippen LogP) is 4.31. The van der Waals surface area contributed by atoms with Crippen LogP contribution in [0.25, 0.3) is 11.0 Å². The third-order valence-electron chi connectivity index (χ3n) is 6.70. The van der Waals surface area contributed by atoms with Crippen LogP contribution in [-0.4, -0.2) is 23.3 Å². The van der Waals surface area contributed by atoms with Crippen molar-refractivity contribution >= 4 is 61.6 Å². The number of fused-ring (bicyclic) bond motifs is 1. The lowest BCUT2D eigenvalue weighted by Crippen LogP contribution is -2.39. The molecule has 1 aliphatic heterocycles. The number of benzene rings is 3. The van der Waals surface area contributed by atoms with Gasteiger partial charge in [-0.1, -0.05) is 53.0 Å². The van der Waals surface area contributed by atoms with Gasteiger partial charge in [0, 0.05) is 35.6 Å². The zero-order chi connectivity index (χ0) is 28.1. The Hall–Kier alpha value is -3.15. The lowest BCUT2D eigenvalue weighted by Gasteiger charge is -2.21. The van der Waals surface area contributed by atoms with Crippen LogP contribution in [0.3, 0.4) is 0 Å². The van der Waals surface area contributed by atoms with Crippen LogP contribution in [0.5, 0.6) is 0 Å². The molecule has 0 aliphatic carbocycles. The molecule has 5 rings (SSSR count). The Labute approximate surface area is 238 Å². The second-order valence-corrected chi connectivity index (χ2v) is 12.1. The minimum Gasteiger partial charge on any atom is -0.305 e. The number of hydrazone groups is 1. The van der Waals surface area contributed by atoms with Crippen LogP contribution in [-0.2, 0) is 24.1 Å². The summed E-state index contributed by atoms with van der Waals surface area (Å²) in [7, 11) is -1.30. The van der Waals surface area contributed by atoms with E-state index in [2.05, 4.69) is 15.2 Å². The van der Waals surface area contributed by atoms with E-state index < -0.39 is 27.2 Å². The smallest absolute Gasteiger partial charge is 0.305 e. The highest BCUT2D eigenvalue weighted by molar-refractivity contribution is 7.89. The molecule has 0 saturated carbocycles. The van der Waals surface area contributed by atoms with E-state index in [1.165, 1.54) is 42.9 Å². The number of aryl methyl sites for hydroxylation is 2. The summed E-state index contributed by atoms with van der Waals surface area (Å²) in [6.45, 7) is 0. The largest absolute Gasteiger partial charge is 0.316 e. The number of hydrogen-bond donors (Lipinski definition) is 2. The van der Waals surface area contributed by atoms with Crippen molar-refractivity contribution in [3.63, 3.8) is 0 Å². The number of hydrogen-bond acceptors (Lipinski definition) is 6. The molecule has 1 aromatic heterocycles. The van der Waals surface area contributed by atoms with Gasteiger partial charge in [0.25, 0.3) is 0 Å². The first-order valence-electron chi connectivity index (χ1n) is 11.7. The molecule has 9 nitrogen and oxygen atoms in total. The molecule has 39 heavy (non-hydrogen) atoms. The molecule has 0 spiro atoms. The number of sulfonamides is 1. The first-order valence-corrected chi connectivity index (χ1v) is 14.3. The molecule has 1 aliphatic rings. The van der Waals surface area contributed by atoms with E-state index in [4.69, 9.17) is 34.8 Å². The normalized spacial score (nSPS) is 16.2. The maximum Gasteiger partial charge on any atom is 0.316 e. The van der Waals surface area contributed by atoms with Gasteiger partial charge in [-0.15, -0.1) is 0 Å². The van der Waals surface area contributed by atoms with E-state index in [0.29, 0.717) is 33.3 Å². The SMILES string of the molecule is Cn1c(=O)c(=O)n(C)c2cc(S(=O)(=O)NC(C3=NNC(c4ccc(Cl)cc4)C3)c3ccc(Cl)cc3Cl)ccc21. The predicted molar refractivity (Wildman–Crippen MR) is 153 cm³/mol. The van der Waals surface area contributed by atoms with E-state index in [1.54, 1.807) is 24.3 Å². The Morgan fingerprint density at radius 2 is 1.54 bits per heavy atom. The van der Waals surface area contributed by atoms with Crippen LogP contribution >= 0.6 is 34.8 Å². The summed E-state index contributed by atoms with van der Waals surface area (Å²) in [5.74, 6) is 0. The summed E-state index contributed by atoms with van der Waals surface area (Å²) in [6.07, 6.45) is 0.391. The second-order valence-electron chi connectivity index (χ2n) is 9.14. The number of nitrogens with zero attached hydrogens (tertiary/aromatic N) is 3. The molecule has 4 aromatic rings. The fraction of sp³-hybridized carbons (Fsp3) is 0.192.